The van der Waals surface area contributed by atoms with Crippen LogP contribution < -0.4 is 10.5 Å². The van der Waals surface area contributed by atoms with Crippen LogP contribution in [0.15, 0.2) is 18.2 Å². The van der Waals surface area contributed by atoms with Crippen LogP contribution in [0.2, 0.25) is 0 Å². The van der Waals surface area contributed by atoms with Gasteiger partial charge in [0, 0.05) is 19.0 Å². The highest BCUT2D eigenvalue weighted by Gasteiger charge is 2.32. The van der Waals surface area contributed by atoms with Gasteiger partial charge < -0.3 is 20.1 Å². The predicted molar refractivity (Wildman–Crippen MR) is 87.3 cm³/mol. The molecule has 1 aliphatic rings. The number of anilines is 1. The van der Waals surface area contributed by atoms with E-state index in [1.807, 2.05) is 0 Å². The molecule has 0 aromatic heterocycles. The van der Waals surface area contributed by atoms with Crippen molar-refractivity contribution in [3.63, 3.8) is 0 Å². The highest BCUT2D eigenvalue weighted by molar-refractivity contribution is 5.68. The van der Waals surface area contributed by atoms with E-state index in [9.17, 15) is 18.0 Å². The Balaban J connectivity index is 1.92. The van der Waals surface area contributed by atoms with Gasteiger partial charge in [-0.3, -0.25) is 0 Å². The van der Waals surface area contributed by atoms with E-state index in [-0.39, 0.29) is 24.0 Å². The molecule has 0 radical (unpaired) electrons. The SMILES string of the molecule is CC(C)(C)OC(=O)N1CCC(COc2cc(C(F)(F)F)ccc2N)C1. The number of nitrogens with two attached hydrogens (primary N) is 1. The van der Waals surface area contributed by atoms with E-state index >= 15 is 0 Å². The van der Waals surface area contributed by atoms with E-state index in [4.69, 9.17) is 15.2 Å². The standard InChI is InChI=1S/C17H23F3N2O3/c1-16(2,3)25-15(23)22-7-6-11(9-22)10-24-14-8-12(17(18,19)20)4-5-13(14)21/h4-5,8,11H,6-7,9-10,21H2,1-3H3. The van der Waals surface area contributed by atoms with Gasteiger partial charge >= 0.3 is 12.3 Å². The van der Waals surface area contributed by atoms with Crippen LogP contribution in [0.4, 0.5) is 23.7 Å². The second-order valence-electron chi connectivity index (χ2n) is 7.14. The summed E-state index contributed by atoms with van der Waals surface area (Å²) in [7, 11) is 0. The van der Waals surface area contributed by atoms with E-state index in [0.717, 1.165) is 12.1 Å². The van der Waals surface area contributed by atoms with E-state index in [0.29, 0.717) is 19.5 Å². The van der Waals surface area contributed by atoms with Crippen molar-refractivity contribution in [3.05, 3.63) is 23.8 Å². The molecule has 1 unspecified atom stereocenters. The van der Waals surface area contributed by atoms with Crippen LogP contribution in [0.5, 0.6) is 5.75 Å². The van der Waals surface area contributed by atoms with Gasteiger partial charge in [0.1, 0.15) is 11.4 Å². The molecule has 2 N–H and O–H groups in total. The second-order valence-corrected chi connectivity index (χ2v) is 7.14. The van der Waals surface area contributed by atoms with Crippen LogP contribution in [0.1, 0.15) is 32.8 Å². The van der Waals surface area contributed by atoms with Crippen molar-refractivity contribution in [2.75, 3.05) is 25.4 Å². The number of alkyl halides is 3. The zero-order valence-corrected chi connectivity index (χ0v) is 14.5. The molecule has 1 heterocycles. The molecule has 0 spiro atoms. The largest absolute Gasteiger partial charge is 0.491 e. The van der Waals surface area contributed by atoms with E-state index in [1.165, 1.54) is 6.07 Å². The maximum atomic E-state index is 12.8. The van der Waals surface area contributed by atoms with Crippen molar-refractivity contribution in [2.24, 2.45) is 5.92 Å². The molecule has 0 bridgehead atoms. The van der Waals surface area contributed by atoms with Crippen molar-refractivity contribution in [1.82, 2.24) is 4.90 Å². The first-order chi connectivity index (χ1) is 11.5. The average molecular weight is 360 g/mol. The predicted octanol–water partition coefficient (Wildman–Crippen LogP) is 3.92. The first kappa shape index (κ1) is 19.2. The normalized spacial score (nSPS) is 18.3. The molecule has 1 aromatic carbocycles. The van der Waals surface area contributed by atoms with Gasteiger partial charge in [0.2, 0.25) is 0 Å². The summed E-state index contributed by atoms with van der Waals surface area (Å²) in [4.78, 5) is 13.6. The summed E-state index contributed by atoms with van der Waals surface area (Å²) in [6, 6.07) is 3.00. The highest BCUT2D eigenvalue weighted by Crippen LogP contribution is 2.34. The monoisotopic (exact) mass is 360 g/mol. The number of likely N-dealkylation sites (tertiary alicyclic amines) is 1. The molecule has 1 fully saturated rings. The Morgan fingerprint density at radius 1 is 1.32 bits per heavy atom. The molecule has 1 aliphatic heterocycles. The lowest BCUT2D eigenvalue weighted by atomic mass is 10.1. The minimum atomic E-state index is -4.45. The molecule has 140 valence electrons. The van der Waals surface area contributed by atoms with Crippen molar-refractivity contribution in [2.45, 2.75) is 39.0 Å². The molecule has 1 saturated heterocycles. The van der Waals surface area contributed by atoms with E-state index < -0.39 is 23.4 Å². The summed E-state index contributed by atoms with van der Waals surface area (Å²) in [6.45, 7) is 6.52. The molecule has 5 nitrogen and oxygen atoms in total. The molecule has 0 aliphatic carbocycles. The zero-order valence-electron chi connectivity index (χ0n) is 14.5. The number of carbonyl (C=O) groups is 1. The minimum Gasteiger partial charge on any atom is -0.491 e. The third-order valence-corrected chi connectivity index (χ3v) is 3.75. The van der Waals surface area contributed by atoms with Gasteiger partial charge in [0.05, 0.1) is 17.9 Å². The summed E-state index contributed by atoms with van der Waals surface area (Å²) >= 11 is 0. The summed E-state index contributed by atoms with van der Waals surface area (Å²) in [5, 5.41) is 0. The first-order valence-corrected chi connectivity index (χ1v) is 8.03. The molecular formula is C17H23F3N2O3. The van der Waals surface area contributed by atoms with Crippen molar-refractivity contribution in [1.29, 1.82) is 0 Å². The van der Waals surface area contributed by atoms with Gasteiger partial charge in [0.25, 0.3) is 0 Å². The second kappa shape index (κ2) is 7.01. The Bertz CT molecular complexity index is 627. The van der Waals surface area contributed by atoms with E-state index in [1.54, 1.807) is 25.7 Å². The topological polar surface area (TPSA) is 64.8 Å². The fourth-order valence-corrected chi connectivity index (χ4v) is 2.50. The minimum absolute atomic E-state index is 0.00513. The summed E-state index contributed by atoms with van der Waals surface area (Å²) in [6.07, 6.45) is -4.15. The first-order valence-electron chi connectivity index (χ1n) is 8.03. The van der Waals surface area contributed by atoms with Gasteiger partial charge in [-0.15, -0.1) is 0 Å². The number of benzene rings is 1. The molecular weight excluding hydrogens is 337 g/mol. The molecule has 1 amide bonds. The highest BCUT2D eigenvalue weighted by atomic mass is 19.4. The van der Waals surface area contributed by atoms with Crippen LogP contribution in [0, 0.1) is 5.92 Å². The molecule has 8 heteroatoms. The van der Waals surface area contributed by atoms with Crippen LogP contribution in [0.3, 0.4) is 0 Å². The van der Waals surface area contributed by atoms with Crippen LogP contribution in [-0.4, -0.2) is 36.3 Å². The Kier molecular flexibility index (Phi) is 5.39. The Morgan fingerprint density at radius 3 is 2.60 bits per heavy atom. The average Bonchev–Trinajstić information content (AvgIpc) is 2.92. The maximum Gasteiger partial charge on any atom is 0.416 e. The number of halogens is 3. The molecule has 1 aromatic rings. The summed E-state index contributed by atoms with van der Waals surface area (Å²) in [5.41, 5.74) is 4.46. The lowest BCUT2D eigenvalue weighted by Crippen LogP contribution is -2.35. The van der Waals surface area contributed by atoms with Crippen molar-refractivity contribution < 1.29 is 27.4 Å². The van der Waals surface area contributed by atoms with Gasteiger partial charge in [0.15, 0.2) is 0 Å². The lowest BCUT2D eigenvalue weighted by molar-refractivity contribution is -0.137. The van der Waals surface area contributed by atoms with Crippen LogP contribution >= 0.6 is 0 Å². The number of nitrogen functional groups attached to an aromatic ring is 1. The molecule has 1 atom stereocenters. The zero-order chi connectivity index (χ0) is 18.8. The number of carbonyl (C=O) groups excluding carboxylic acids is 1. The summed E-state index contributed by atoms with van der Waals surface area (Å²) in [5.74, 6) is 0.0204. The number of ether oxygens (including phenoxy) is 2. The number of hydrogen-bond acceptors (Lipinski definition) is 4. The van der Waals surface area contributed by atoms with Gasteiger partial charge in [-0.1, -0.05) is 0 Å². The Labute approximate surface area is 144 Å². The Morgan fingerprint density at radius 2 is 2.00 bits per heavy atom. The number of hydrogen-bond donors (Lipinski definition) is 1. The van der Waals surface area contributed by atoms with Gasteiger partial charge in [-0.05, 0) is 45.4 Å². The van der Waals surface area contributed by atoms with E-state index in [2.05, 4.69) is 0 Å². The Hall–Kier alpha value is -2.12. The number of nitrogens with zero attached hydrogens (tertiary/aromatic N) is 1. The fourth-order valence-electron chi connectivity index (χ4n) is 2.50. The van der Waals surface area contributed by atoms with Gasteiger partial charge in [-0.2, -0.15) is 13.2 Å². The smallest absolute Gasteiger partial charge is 0.416 e. The quantitative estimate of drug-likeness (QED) is 0.830. The lowest BCUT2D eigenvalue weighted by Gasteiger charge is -2.24. The number of amides is 1. The van der Waals surface area contributed by atoms with Crippen molar-refractivity contribution in [3.8, 4) is 5.75 Å². The van der Waals surface area contributed by atoms with Crippen molar-refractivity contribution >= 4 is 11.8 Å². The molecule has 2 rings (SSSR count). The third-order valence-electron chi connectivity index (χ3n) is 3.75. The molecule has 25 heavy (non-hydrogen) atoms. The maximum absolute atomic E-state index is 12.8. The number of rotatable bonds is 3. The van der Waals surface area contributed by atoms with Gasteiger partial charge in [-0.25, -0.2) is 4.79 Å². The summed E-state index contributed by atoms with van der Waals surface area (Å²) < 4.78 is 49.1. The van der Waals surface area contributed by atoms with Crippen LogP contribution in [0.25, 0.3) is 0 Å². The fraction of sp³-hybridized carbons (Fsp3) is 0.588. The molecule has 0 saturated carbocycles. The third kappa shape index (κ3) is 5.44. The van der Waals surface area contributed by atoms with Crippen LogP contribution in [-0.2, 0) is 10.9 Å².